The highest BCUT2D eigenvalue weighted by Crippen LogP contribution is 2.25. The molecule has 0 bridgehead atoms. The van der Waals surface area contributed by atoms with E-state index < -0.39 is 0 Å². The minimum Gasteiger partial charge on any atom is -0.309 e. The van der Waals surface area contributed by atoms with Crippen molar-refractivity contribution in [2.45, 2.75) is 32.7 Å². The molecule has 4 heteroatoms. The van der Waals surface area contributed by atoms with Crippen molar-refractivity contribution in [1.29, 1.82) is 0 Å². The summed E-state index contributed by atoms with van der Waals surface area (Å²) in [6, 6.07) is 4.60. The molecule has 1 saturated heterocycles. The van der Waals surface area contributed by atoms with Crippen LogP contribution in [0.5, 0.6) is 0 Å². The molecule has 94 valence electrons. The molecule has 4 nitrogen and oxygen atoms in total. The molecule has 3 rings (SSSR count). The number of rotatable bonds is 2. The van der Waals surface area contributed by atoms with Crippen molar-refractivity contribution in [3.8, 4) is 5.69 Å². The molecule has 3 heterocycles. The van der Waals surface area contributed by atoms with Gasteiger partial charge in [-0.3, -0.25) is 9.55 Å². The zero-order valence-corrected chi connectivity index (χ0v) is 10.8. The van der Waals surface area contributed by atoms with Gasteiger partial charge < -0.3 is 5.32 Å². The molecule has 0 radical (unpaired) electrons. The Morgan fingerprint density at radius 2 is 2.22 bits per heavy atom. The highest BCUT2D eigenvalue weighted by atomic mass is 15.1. The number of aromatic nitrogens is 3. The molecule has 0 aliphatic carbocycles. The number of nitrogens with one attached hydrogen (secondary N) is 1. The van der Waals surface area contributed by atoms with Crippen LogP contribution in [0.25, 0.3) is 5.69 Å². The van der Waals surface area contributed by atoms with Gasteiger partial charge in [-0.15, -0.1) is 0 Å². The van der Waals surface area contributed by atoms with E-state index in [2.05, 4.69) is 25.9 Å². The fraction of sp³-hybridized carbons (Fsp3) is 0.429. The monoisotopic (exact) mass is 242 g/mol. The zero-order valence-electron chi connectivity index (χ0n) is 10.8. The molecule has 2 aromatic rings. The zero-order chi connectivity index (χ0) is 12.5. The summed E-state index contributed by atoms with van der Waals surface area (Å²) >= 11 is 0. The Bertz CT molecular complexity index is 553. The van der Waals surface area contributed by atoms with Crippen LogP contribution < -0.4 is 5.32 Å². The lowest BCUT2D eigenvalue weighted by Gasteiger charge is -2.15. The van der Waals surface area contributed by atoms with Crippen LogP contribution in [0.15, 0.2) is 24.7 Å². The van der Waals surface area contributed by atoms with Gasteiger partial charge in [-0.2, -0.15) is 0 Å². The molecule has 1 fully saturated rings. The van der Waals surface area contributed by atoms with Crippen molar-refractivity contribution in [2.24, 2.45) is 0 Å². The molecular weight excluding hydrogens is 224 g/mol. The first-order chi connectivity index (χ1) is 8.75. The van der Waals surface area contributed by atoms with Crippen LogP contribution in [0.4, 0.5) is 0 Å². The van der Waals surface area contributed by atoms with E-state index in [9.17, 15) is 0 Å². The average molecular weight is 242 g/mol. The van der Waals surface area contributed by atoms with Crippen LogP contribution in [0.1, 0.15) is 36.0 Å². The van der Waals surface area contributed by atoms with Gasteiger partial charge in [0.15, 0.2) is 0 Å². The van der Waals surface area contributed by atoms with Crippen LogP contribution in [0, 0.1) is 13.8 Å². The number of nitrogens with zero attached hydrogens (tertiary/aromatic N) is 3. The summed E-state index contributed by atoms with van der Waals surface area (Å²) < 4.78 is 2.16. The van der Waals surface area contributed by atoms with E-state index in [-0.39, 0.29) is 0 Å². The Hall–Kier alpha value is -1.68. The second-order valence-corrected chi connectivity index (χ2v) is 4.89. The van der Waals surface area contributed by atoms with Gasteiger partial charge in [0.05, 0.1) is 29.6 Å². The first-order valence-electron chi connectivity index (χ1n) is 6.46. The minimum atomic E-state index is 0.424. The van der Waals surface area contributed by atoms with E-state index in [4.69, 9.17) is 0 Å². The maximum Gasteiger partial charge on any atom is 0.0995 e. The van der Waals surface area contributed by atoms with Crippen LogP contribution >= 0.6 is 0 Å². The van der Waals surface area contributed by atoms with Gasteiger partial charge >= 0.3 is 0 Å². The molecule has 0 spiro atoms. The molecule has 18 heavy (non-hydrogen) atoms. The van der Waals surface area contributed by atoms with Gasteiger partial charge in [-0.1, -0.05) is 0 Å². The van der Waals surface area contributed by atoms with Gasteiger partial charge in [0.2, 0.25) is 0 Å². The number of hydrogen-bond donors (Lipinski definition) is 1. The van der Waals surface area contributed by atoms with Crippen LogP contribution in [0.3, 0.4) is 0 Å². The molecule has 1 atom stereocenters. The van der Waals surface area contributed by atoms with E-state index in [0.717, 1.165) is 23.6 Å². The molecule has 0 aromatic carbocycles. The third-order valence-corrected chi connectivity index (χ3v) is 3.54. The Morgan fingerprint density at radius 3 is 2.94 bits per heavy atom. The number of pyridine rings is 1. The summed E-state index contributed by atoms with van der Waals surface area (Å²) in [5, 5.41) is 3.52. The van der Waals surface area contributed by atoms with E-state index in [1.165, 1.54) is 18.5 Å². The van der Waals surface area contributed by atoms with Crippen LogP contribution in [-0.2, 0) is 0 Å². The molecule has 0 unspecified atom stereocenters. The standard InChI is InChI=1S/C14H18N4/c1-10-5-6-13(11(2)17-10)18-9-15-8-14(18)12-4-3-7-16-12/h5-6,8-9,12,16H,3-4,7H2,1-2H3/t12-/m0/s1. The SMILES string of the molecule is Cc1ccc(-n2cncc2[C@@H]2CCCN2)c(C)n1. The molecular formula is C14H18N4. The lowest BCUT2D eigenvalue weighted by atomic mass is 10.1. The fourth-order valence-electron chi connectivity index (χ4n) is 2.64. The summed E-state index contributed by atoms with van der Waals surface area (Å²) in [5.41, 5.74) is 4.47. The summed E-state index contributed by atoms with van der Waals surface area (Å²) in [4.78, 5) is 8.83. The third kappa shape index (κ3) is 1.93. The lowest BCUT2D eigenvalue weighted by Crippen LogP contribution is -2.16. The first kappa shape index (κ1) is 11.4. The van der Waals surface area contributed by atoms with Crippen molar-refractivity contribution in [2.75, 3.05) is 6.54 Å². The number of aryl methyl sites for hydroxylation is 2. The number of hydrogen-bond acceptors (Lipinski definition) is 3. The molecule has 0 amide bonds. The largest absolute Gasteiger partial charge is 0.309 e. The summed E-state index contributed by atoms with van der Waals surface area (Å²) in [5.74, 6) is 0. The van der Waals surface area contributed by atoms with Gasteiger partial charge in [-0.25, -0.2) is 4.98 Å². The van der Waals surface area contributed by atoms with Crippen LogP contribution in [-0.4, -0.2) is 21.1 Å². The van der Waals surface area contributed by atoms with Gasteiger partial charge in [-0.05, 0) is 45.4 Å². The maximum atomic E-state index is 4.53. The average Bonchev–Trinajstić information content (AvgIpc) is 2.98. The Kier molecular flexibility index (Phi) is 2.88. The normalized spacial score (nSPS) is 19.3. The Morgan fingerprint density at radius 1 is 1.33 bits per heavy atom. The Labute approximate surface area is 107 Å². The van der Waals surface area contributed by atoms with E-state index in [1.54, 1.807) is 0 Å². The smallest absolute Gasteiger partial charge is 0.0995 e. The van der Waals surface area contributed by atoms with Crippen molar-refractivity contribution >= 4 is 0 Å². The topological polar surface area (TPSA) is 42.7 Å². The molecule has 1 N–H and O–H groups in total. The summed E-state index contributed by atoms with van der Waals surface area (Å²) in [6.07, 6.45) is 6.27. The molecule has 0 saturated carbocycles. The van der Waals surface area contributed by atoms with Crippen LogP contribution in [0.2, 0.25) is 0 Å². The highest BCUT2D eigenvalue weighted by Gasteiger charge is 2.20. The van der Waals surface area contributed by atoms with Gasteiger partial charge in [0.25, 0.3) is 0 Å². The Balaban J connectivity index is 2.03. The maximum absolute atomic E-state index is 4.53. The second-order valence-electron chi connectivity index (χ2n) is 4.89. The summed E-state index contributed by atoms with van der Waals surface area (Å²) in [6.45, 7) is 5.17. The highest BCUT2D eigenvalue weighted by molar-refractivity contribution is 5.39. The van der Waals surface area contributed by atoms with Crippen molar-refractivity contribution in [3.05, 3.63) is 41.7 Å². The lowest BCUT2D eigenvalue weighted by molar-refractivity contribution is 0.614. The third-order valence-electron chi connectivity index (χ3n) is 3.54. The fourth-order valence-corrected chi connectivity index (χ4v) is 2.64. The predicted molar refractivity (Wildman–Crippen MR) is 70.8 cm³/mol. The van der Waals surface area contributed by atoms with Gasteiger partial charge in [0.1, 0.15) is 0 Å². The van der Waals surface area contributed by atoms with E-state index >= 15 is 0 Å². The van der Waals surface area contributed by atoms with E-state index in [0.29, 0.717) is 6.04 Å². The minimum absolute atomic E-state index is 0.424. The molecule has 1 aliphatic rings. The predicted octanol–water partition coefficient (Wildman–Crippen LogP) is 2.31. The van der Waals surface area contributed by atoms with Crippen molar-refractivity contribution in [3.63, 3.8) is 0 Å². The van der Waals surface area contributed by atoms with Crippen molar-refractivity contribution in [1.82, 2.24) is 19.9 Å². The van der Waals surface area contributed by atoms with E-state index in [1.807, 2.05) is 32.4 Å². The molecule has 2 aromatic heterocycles. The quantitative estimate of drug-likeness (QED) is 0.878. The van der Waals surface area contributed by atoms with Crippen molar-refractivity contribution < 1.29 is 0 Å². The first-order valence-corrected chi connectivity index (χ1v) is 6.46. The summed E-state index contributed by atoms with van der Waals surface area (Å²) in [7, 11) is 0. The number of imidazole rings is 1. The second kappa shape index (κ2) is 4.53. The van der Waals surface area contributed by atoms with Gasteiger partial charge in [0, 0.05) is 11.7 Å². The molecule has 1 aliphatic heterocycles.